The van der Waals surface area contributed by atoms with Crippen molar-refractivity contribution < 1.29 is 4.79 Å². The van der Waals surface area contributed by atoms with Crippen molar-refractivity contribution in [3.05, 3.63) is 76.5 Å². The minimum absolute atomic E-state index is 0.412. The highest BCUT2D eigenvalue weighted by Gasteiger charge is 2.25. The summed E-state index contributed by atoms with van der Waals surface area (Å²) in [6.45, 7) is 1.68. The summed E-state index contributed by atoms with van der Waals surface area (Å²) in [6, 6.07) is 15.9. The molecule has 5 rings (SSSR count). The van der Waals surface area contributed by atoms with Crippen LogP contribution in [0.2, 0.25) is 0 Å². The summed E-state index contributed by atoms with van der Waals surface area (Å²) in [7, 11) is 0. The van der Waals surface area contributed by atoms with E-state index in [2.05, 4.69) is 29.2 Å². The van der Waals surface area contributed by atoms with Crippen LogP contribution >= 0.6 is 0 Å². The molecule has 0 radical (unpaired) electrons. The number of nitrogens with zero attached hydrogens (tertiary/aromatic N) is 3. The summed E-state index contributed by atoms with van der Waals surface area (Å²) in [6.07, 6.45) is 3.11. The minimum atomic E-state index is -0.412. The number of fused-ring (bicyclic) bond motifs is 2. The molecular formula is C22H20N4O. The van der Waals surface area contributed by atoms with Crippen molar-refractivity contribution in [2.75, 3.05) is 4.90 Å². The Morgan fingerprint density at radius 1 is 0.926 bits per heavy atom. The highest BCUT2D eigenvalue weighted by atomic mass is 16.1. The van der Waals surface area contributed by atoms with Crippen LogP contribution in [-0.4, -0.2) is 15.9 Å². The number of hydrogen-bond donors (Lipinski definition) is 1. The van der Waals surface area contributed by atoms with E-state index < -0.39 is 5.91 Å². The lowest BCUT2D eigenvalue weighted by molar-refractivity contribution is 0.100. The number of anilines is 1. The highest BCUT2D eigenvalue weighted by molar-refractivity contribution is 5.93. The third kappa shape index (κ3) is 2.76. The lowest BCUT2D eigenvalue weighted by Crippen LogP contribution is -2.19. The third-order valence-electron chi connectivity index (χ3n) is 5.49. The number of nitrogens with two attached hydrogens (primary N) is 1. The first-order valence-corrected chi connectivity index (χ1v) is 9.31. The Morgan fingerprint density at radius 2 is 1.63 bits per heavy atom. The number of aromatic nitrogens is 2. The molecule has 5 nitrogen and oxygen atoms in total. The molecule has 1 aromatic heterocycles. The summed E-state index contributed by atoms with van der Waals surface area (Å²) in [5.74, 6) is 0.380. The van der Waals surface area contributed by atoms with Crippen LogP contribution in [0.15, 0.2) is 48.5 Å². The smallest absolute Gasteiger partial charge is 0.248 e. The molecule has 2 N–H and O–H groups in total. The summed E-state index contributed by atoms with van der Waals surface area (Å²) >= 11 is 0. The monoisotopic (exact) mass is 356 g/mol. The minimum Gasteiger partial charge on any atom is -0.366 e. The second kappa shape index (κ2) is 6.20. The van der Waals surface area contributed by atoms with E-state index in [0.717, 1.165) is 55.3 Å². The number of carbonyl (C=O) groups excluding carboxylic acids is 1. The Kier molecular flexibility index (Phi) is 3.67. The third-order valence-corrected chi connectivity index (χ3v) is 5.49. The Balaban J connectivity index is 1.55. The second-order valence-electron chi connectivity index (χ2n) is 7.22. The molecule has 1 aliphatic heterocycles. The number of carbonyl (C=O) groups is 1. The Labute approximate surface area is 157 Å². The van der Waals surface area contributed by atoms with Gasteiger partial charge in [0.05, 0.1) is 5.69 Å². The zero-order valence-electron chi connectivity index (χ0n) is 15.0. The molecule has 1 amide bonds. The molecule has 5 heteroatoms. The van der Waals surface area contributed by atoms with Crippen LogP contribution < -0.4 is 10.6 Å². The van der Waals surface area contributed by atoms with E-state index in [4.69, 9.17) is 15.7 Å². The van der Waals surface area contributed by atoms with Crippen LogP contribution in [0.1, 0.15) is 39.2 Å². The SMILES string of the molecule is NC(=O)c1ccc(-c2nc(N3Cc4ccccc4C3)nc3c2CCC3)cc1. The fourth-order valence-corrected chi connectivity index (χ4v) is 4.07. The van der Waals surface area contributed by atoms with Gasteiger partial charge in [-0.05, 0) is 42.5 Å². The first-order valence-electron chi connectivity index (χ1n) is 9.31. The normalized spacial score (nSPS) is 14.9. The van der Waals surface area contributed by atoms with Crippen LogP contribution in [-0.2, 0) is 25.9 Å². The van der Waals surface area contributed by atoms with E-state index in [1.165, 1.54) is 16.7 Å². The summed E-state index contributed by atoms with van der Waals surface area (Å²) in [5.41, 5.74) is 13.0. The molecule has 0 unspecified atom stereocenters. The average molecular weight is 356 g/mol. The van der Waals surface area contributed by atoms with Gasteiger partial charge in [0.25, 0.3) is 0 Å². The van der Waals surface area contributed by atoms with Crippen LogP contribution in [0.3, 0.4) is 0 Å². The molecule has 134 valence electrons. The van der Waals surface area contributed by atoms with Gasteiger partial charge in [0.1, 0.15) is 0 Å². The molecule has 3 aromatic rings. The van der Waals surface area contributed by atoms with Gasteiger partial charge in [-0.3, -0.25) is 4.79 Å². The van der Waals surface area contributed by atoms with E-state index in [1.54, 1.807) is 12.1 Å². The lowest BCUT2D eigenvalue weighted by Gasteiger charge is -2.18. The van der Waals surface area contributed by atoms with Gasteiger partial charge in [-0.2, -0.15) is 0 Å². The molecule has 2 heterocycles. The highest BCUT2D eigenvalue weighted by Crippen LogP contribution is 2.34. The van der Waals surface area contributed by atoms with Crippen molar-refractivity contribution in [1.82, 2.24) is 9.97 Å². The molecule has 0 atom stereocenters. The van der Waals surface area contributed by atoms with Crippen LogP contribution in [0.25, 0.3) is 11.3 Å². The lowest BCUT2D eigenvalue weighted by atomic mass is 10.0. The zero-order chi connectivity index (χ0) is 18.4. The van der Waals surface area contributed by atoms with Gasteiger partial charge in [-0.15, -0.1) is 0 Å². The molecule has 0 saturated carbocycles. The van der Waals surface area contributed by atoms with Crippen molar-refractivity contribution in [3.8, 4) is 11.3 Å². The predicted octanol–water partition coefficient (Wildman–Crippen LogP) is 3.25. The molecule has 0 saturated heterocycles. The number of amides is 1. The fraction of sp³-hybridized carbons (Fsp3) is 0.227. The Hall–Kier alpha value is -3.21. The van der Waals surface area contributed by atoms with Crippen molar-refractivity contribution in [3.63, 3.8) is 0 Å². The van der Waals surface area contributed by atoms with Gasteiger partial charge in [-0.1, -0.05) is 36.4 Å². The Morgan fingerprint density at radius 3 is 2.30 bits per heavy atom. The molecule has 0 spiro atoms. The molecule has 27 heavy (non-hydrogen) atoms. The number of aryl methyl sites for hydroxylation is 1. The first-order chi connectivity index (χ1) is 13.2. The molecule has 0 bridgehead atoms. The Bertz CT molecular complexity index is 1020. The molecular weight excluding hydrogens is 336 g/mol. The number of primary amides is 1. The number of hydrogen-bond acceptors (Lipinski definition) is 4. The van der Waals surface area contributed by atoms with Crippen LogP contribution in [0.4, 0.5) is 5.95 Å². The van der Waals surface area contributed by atoms with Crippen molar-refractivity contribution in [1.29, 1.82) is 0 Å². The maximum atomic E-state index is 11.4. The summed E-state index contributed by atoms with van der Waals surface area (Å²) in [4.78, 5) is 23.4. The van der Waals surface area contributed by atoms with Gasteiger partial charge in [0, 0.05) is 35.5 Å². The fourth-order valence-electron chi connectivity index (χ4n) is 4.07. The standard InChI is InChI=1S/C22H20N4O/c23-21(27)15-10-8-14(9-11-15)20-18-6-3-7-19(18)24-22(25-20)26-12-16-4-1-2-5-17(16)13-26/h1-2,4-5,8-11H,3,6-7,12-13H2,(H2,23,27). The van der Waals surface area contributed by atoms with E-state index >= 15 is 0 Å². The van der Waals surface area contributed by atoms with Crippen LogP contribution in [0.5, 0.6) is 0 Å². The van der Waals surface area contributed by atoms with E-state index in [9.17, 15) is 4.79 Å². The molecule has 0 fully saturated rings. The topological polar surface area (TPSA) is 72.1 Å². The molecule has 1 aliphatic carbocycles. The van der Waals surface area contributed by atoms with E-state index in [1.807, 2.05) is 12.1 Å². The zero-order valence-corrected chi connectivity index (χ0v) is 15.0. The average Bonchev–Trinajstić information content (AvgIpc) is 3.33. The first kappa shape index (κ1) is 16.0. The predicted molar refractivity (Wildman–Crippen MR) is 104 cm³/mol. The van der Waals surface area contributed by atoms with Gasteiger partial charge in [0.2, 0.25) is 11.9 Å². The van der Waals surface area contributed by atoms with E-state index in [-0.39, 0.29) is 0 Å². The van der Waals surface area contributed by atoms with Crippen molar-refractivity contribution in [2.24, 2.45) is 5.73 Å². The maximum Gasteiger partial charge on any atom is 0.248 e. The second-order valence-corrected chi connectivity index (χ2v) is 7.22. The summed E-state index contributed by atoms with van der Waals surface area (Å²) in [5, 5.41) is 0. The number of benzene rings is 2. The largest absolute Gasteiger partial charge is 0.366 e. The van der Waals surface area contributed by atoms with Crippen molar-refractivity contribution >= 4 is 11.9 Å². The van der Waals surface area contributed by atoms with Gasteiger partial charge in [-0.25, -0.2) is 9.97 Å². The van der Waals surface area contributed by atoms with Gasteiger partial charge < -0.3 is 10.6 Å². The van der Waals surface area contributed by atoms with E-state index in [0.29, 0.717) is 5.56 Å². The number of rotatable bonds is 3. The molecule has 2 aliphatic rings. The quantitative estimate of drug-likeness (QED) is 0.782. The maximum absolute atomic E-state index is 11.4. The van der Waals surface area contributed by atoms with Crippen LogP contribution in [0, 0.1) is 0 Å². The summed E-state index contributed by atoms with van der Waals surface area (Å²) < 4.78 is 0. The van der Waals surface area contributed by atoms with Gasteiger partial charge in [0.15, 0.2) is 0 Å². The van der Waals surface area contributed by atoms with Gasteiger partial charge >= 0.3 is 0 Å². The van der Waals surface area contributed by atoms with Crippen molar-refractivity contribution in [2.45, 2.75) is 32.4 Å². The molecule has 2 aromatic carbocycles.